The van der Waals surface area contributed by atoms with Crippen molar-refractivity contribution in [2.24, 2.45) is 0 Å². The first-order chi connectivity index (χ1) is 6.06. The maximum absolute atomic E-state index is 10.7. The average molecular weight is 178 g/mol. The molecule has 0 heterocycles. The van der Waals surface area contributed by atoms with Crippen molar-refractivity contribution in [2.45, 2.75) is 6.92 Å². The summed E-state index contributed by atoms with van der Waals surface area (Å²) in [5, 5.41) is 13.5. The predicted molar refractivity (Wildman–Crippen MR) is 55.6 cm³/mol. The number of nitro benzene ring substituents is 1. The maximum Gasteiger partial charge on any atom is 0.295 e. The molecule has 0 fully saturated rings. The first kappa shape index (κ1) is 9.57. The van der Waals surface area contributed by atoms with Gasteiger partial charge in [-0.1, -0.05) is 11.5 Å². The van der Waals surface area contributed by atoms with Crippen molar-refractivity contribution in [1.82, 2.24) is 0 Å². The van der Waals surface area contributed by atoms with Crippen LogP contribution in [0.4, 0.5) is 11.4 Å². The van der Waals surface area contributed by atoms with Gasteiger partial charge in [0.15, 0.2) is 0 Å². The number of nitro groups is 1. The summed E-state index contributed by atoms with van der Waals surface area (Å²) < 4.78 is 0. The fraction of sp³-hybridized carbons (Fsp3) is 0.250. The van der Waals surface area contributed by atoms with E-state index < -0.39 is 0 Å². The van der Waals surface area contributed by atoms with Gasteiger partial charge in [0.2, 0.25) is 0 Å². The number of nitrogens with zero attached hydrogens (tertiary/aromatic N) is 1. The SMILES string of the molecule is Bc1cc(C)c([N+](=O)[O-])c(NC)c1. The van der Waals surface area contributed by atoms with Gasteiger partial charge in [0.1, 0.15) is 13.5 Å². The smallest absolute Gasteiger partial charge is 0.295 e. The Morgan fingerprint density at radius 1 is 1.54 bits per heavy atom. The summed E-state index contributed by atoms with van der Waals surface area (Å²) in [4.78, 5) is 10.3. The summed E-state index contributed by atoms with van der Waals surface area (Å²) in [6.45, 7) is 1.74. The topological polar surface area (TPSA) is 55.2 Å². The van der Waals surface area contributed by atoms with Crippen molar-refractivity contribution in [1.29, 1.82) is 0 Å². The monoisotopic (exact) mass is 178 g/mol. The lowest BCUT2D eigenvalue weighted by Crippen LogP contribution is -2.08. The Bertz CT molecular complexity index is 352. The Balaban J connectivity index is 3.38. The molecule has 1 rings (SSSR count). The first-order valence-electron chi connectivity index (χ1n) is 3.99. The van der Waals surface area contributed by atoms with Crippen LogP contribution in [0.3, 0.4) is 0 Å². The van der Waals surface area contributed by atoms with E-state index in [4.69, 9.17) is 0 Å². The number of nitrogens with one attached hydrogen (secondary N) is 1. The van der Waals surface area contributed by atoms with Gasteiger partial charge in [-0.3, -0.25) is 10.1 Å². The van der Waals surface area contributed by atoms with E-state index in [-0.39, 0.29) is 10.6 Å². The maximum atomic E-state index is 10.7. The fourth-order valence-corrected chi connectivity index (χ4v) is 1.39. The Labute approximate surface area is 77.5 Å². The predicted octanol–water partition coefficient (Wildman–Crippen LogP) is 0.203. The Kier molecular flexibility index (Phi) is 2.56. The molecule has 0 spiro atoms. The highest BCUT2D eigenvalue weighted by Gasteiger charge is 2.16. The summed E-state index contributed by atoms with van der Waals surface area (Å²) in [5.74, 6) is 0. The van der Waals surface area contributed by atoms with Gasteiger partial charge in [-0.15, -0.1) is 0 Å². The second kappa shape index (κ2) is 3.47. The summed E-state index contributed by atoms with van der Waals surface area (Å²) in [6.07, 6.45) is 0. The molecule has 0 aliphatic heterocycles. The number of anilines is 1. The lowest BCUT2D eigenvalue weighted by molar-refractivity contribution is -0.384. The minimum atomic E-state index is -0.361. The van der Waals surface area contributed by atoms with Crippen LogP contribution in [0.5, 0.6) is 0 Å². The van der Waals surface area contributed by atoms with Crippen molar-refractivity contribution < 1.29 is 4.92 Å². The van der Waals surface area contributed by atoms with Gasteiger partial charge in [-0.2, -0.15) is 0 Å². The molecule has 0 aromatic heterocycles. The van der Waals surface area contributed by atoms with E-state index in [0.29, 0.717) is 11.3 Å². The van der Waals surface area contributed by atoms with Crippen LogP contribution >= 0.6 is 0 Å². The van der Waals surface area contributed by atoms with E-state index in [0.717, 1.165) is 5.46 Å². The van der Waals surface area contributed by atoms with Crippen LogP contribution in [-0.2, 0) is 0 Å². The average Bonchev–Trinajstić information content (AvgIpc) is 2.01. The molecule has 0 aliphatic rings. The molecule has 4 nitrogen and oxygen atoms in total. The zero-order chi connectivity index (χ0) is 10.0. The minimum Gasteiger partial charge on any atom is -0.383 e. The third-order valence-corrected chi connectivity index (χ3v) is 1.90. The van der Waals surface area contributed by atoms with Crippen LogP contribution in [-0.4, -0.2) is 19.8 Å². The van der Waals surface area contributed by atoms with Crippen LogP contribution in [0.25, 0.3) is 0 Å². The van der Waals surface area contributed by atoms with Gasteiger partial charge in [-0.25, -0.2) is 0 Å². The van der Waals surface area contributed by atoms with E-state index in [9.17, 15) is 10.1 Å². The highest BCUT2D eigenvalue weighted by molar-refractivity contribution is 6.32. The Hall–Kier alpha value is -1.52. The zero-order valence-corrected chi connectivity index (χ0v) is 7.92. The highest BCUT2D eigenvalue weighted by atomic mass is 16.6. The molecule has 13 heavy (non-hydrogen) atoms. The molecule has 0 atom stereocenters. The molecule has 0 aliphatic carbocycles. The molecule has 0 radical (unpaired) electrons. The Morgan fingerprint density at radius 2 is 2.15 bits per heavy atom. The molecule has 0 saturated carbocycles. The van der Waals surface area contributed by atoms with E-state index >= 15 is 0 Å². The van der Waals surface area contributed by atoms with Crippen molar-refractivity contribution in [2.75, 3.05) is 12.4 Å². The first-order valence-corrected chi connectivity index (χ1v) is 3.99. The second-order valence-electron chi connectivity index (χ2n) is 2.99. The molecular formula is C8H11BN2O2. The van der Waals surface area contributed by atoms with Gasteiger partial charge in [0.25, 0.3) is 5.69 Å². The summed E-state index contributed by atoms with van der Waals surface area (Å²) in [7, 11) is 3.60. The van der Waals surface area contributed by atoms with Gasteiger partial charge in [-0.05, 0) is 13.0 Å². The third-order valence-electron chi connectivity index (χ3n) is 1.90. The van der Waals surface area contributed by atoms with Crippen LogP contribution in [0, 0.1) is 17.0 Å². The zero-order valence-electron chi connectivity index (χ0n) is 7.92. The van der Waals surface area contributed by atoms with E-state index in [1.54, 1.807) is 26.1 Å². The van der Waals surface area contributed by atoms with Gasteiger partial charge in [0, 0.05) is 12.6 Å². The molecule has 0 amide bonds. The van der Waals surface area contributed by atoms with Crippen molar-refractivity contribution in [3.05, 3.63) is 27.8 Å². The molecule has 1 N–H and O–H groups in total. The summed E-state index contributed by atoms with van der Waals surface area (Å²) in [6, 6.07) is 3.57. The molecule has 0 saturated heterocycles. The lowest BCUT2D eigenvalue weighted by atomic mass is 9.93. The van der Waals surface area contributed by atoms with E-state index in [1.165, 1.54) is 0 Å². The molecule has 0 unspecified atom stereocenters. The molecule has 1 aromatic rings. The van der Waals surface area contributed by atoms with E-state index in [1.807, 2.05) is 7.85 Å². The fourth-order valence-electron chi connectivity index (χ4n) is 1.39. The largest absolute Gasteiger partial charge is 0.383 e. The van der Waals surface area contributed by atoms with E-state index in [2.05, 4.69) is 5.32 Å². The van der Waals surface area contributed by atoms with Crippen molar-refractivity contribution >= 4 is 24.7 Å². The highest BCUT2D eigenvalue weighted by Crippen LogP contribution is 2.25. The minimum absolute atomic E-state index is 0.160. The van der Waals surface area contributed by atoms with Crippen molar-refractivity contribution in [3.8, 4) is 0 Å². The van der Waals surface area contributed by atoms with Gasteiger partial charge in [0.05, 0.1) is 4.92 Å². The number of rotatable bonds is 2. The number of aryl methyl sites for hydroxylation is 1. The summed E-state index contributed by atoms with van der Waals surface area (Å²) >= 11 is 0. The molecular weight excluding hydrogens is 167 g/mol. The third kappa shape index (κ3) is 1.80. The van der Waals surface area contributed by atoms with Crippen LogP contribution in [0.1, 0.15) is 5.56 Å². The Morgan fingerprint density at radius 3 is 2.62 bits per heavy atom. The number of hydrogen-bond donors (Lipinski definition) is 1. The number of hydrogen-bond acceptors (Lipinski definition) is 3. The second-order valence-corrected chi connectivity index (χ2v) is 2.99. The summed E-state index contributed by atoms with van der Waals surface area (Å²) in [5.41, 5.74) is 2.44. The van der Waals surface area contributed by atoms with Crippen molar-refractivity contribution in [3.63, 3.8) is 0 Å². The molecule has 0 bridgehead atoms. The number of benzene rings is 1. The lowest BCUT2D eigenvalue weighted by Gasteiger charge is -2.05. The molecule has 1 aromatic carbocycles. The van der Waals surface area contributed by atoms with Crippen LogP contribution in [0.15, 0.2) is 12.1 Å². The normalized spacial score (nSPS) is 9.69. The van der Waals surface area contributed by atoms with Gasteiger partial charge < -0.3 is 5.32 Å². The quantitative estimate of drug-likeness (QED) is 0.400. The van der Waals surface area contributed by atoms with Crippen LogP contribution in [0.2, 0.25) is 0 Å². The van der Waals surface area contributed by atoms with Gasteiger partial charge >= 0.3 is 0 Å². The van der Waals surface area contributed by atoms with Crippen LogP contribution < -0.4 is 10.8 Å². The molecule has 5 heteroatoms. The standard InChI is InChI=1S/C8H11BN2O2/c1-5-3-6(9)4-7(10-2)8(5)11(12)13/h3-4,10H,9H2,1-2H3. The molecule has 68 valence electrons.